The second-order valence-electron chi connectivity index (χ2n) is 4.35. The predicted molar refractivity (Wildman–Crippen MR) is 72.5 cm³/mol. The predicted octanol–water partition coefficient (Wildman–Crippen LogP) is 1.67. The van der Waals surface area contributed by atoms with Gasteiger partial charge in [0.2, 0.25) is 5.75 Å². The number of amides is 1. The molecule has 0 unspecified atom stereocenters. The van der Waals surface area contributed by atoms with Crippen LogP contribution in [0.5, 0.6) is 11.5 Å². The van der Waals surface area contributed by atoms with E-state index in [1.165, 1.54) is 6.08 Å². The molecule has 1 aromatic carbocycles. The number of phenolic OH excluding ortho intramolecular Hbond substituents is 1. The Balaban J connectivity index is 2.31. The van der Waals surface area contributed by atoms with Gasteiger partial charge in [-0.15, -0.1) is 0 Å². The van der Waals surface area contributed by atoms with Gasteiger partial charge in [0.25, 0.3) is 5.91 Å². The Kier molecular flexibility index (Phi) is 4.06. The van der Waals surface area contributed by atoms with Crippen LogP contribution < -0.4 is 10.3 Å². The zero-order valence-corrected chi connectivity index (χ0v) is 11.1. The molecule has 0 aromatic heterocycles. The summed E-state index contributed by atoms with van der Waals surface area (Å²) < 4.78 is 0. The smallest absolute Gasteiger partial charge is 0.276 e. The summed E-state index contributed by atoms with van der Waals surface area (Å²) in [6, 6.07) is 3.70. The molecule has 0 spiro atoms. The van der Waals surface area contributed by atoms with Gasteiger partial charge < -0.3 is 9.94 Å². The lowest BCUT2D eigenvalue weighted by Crippen LogP contribution is -2.24. The summed E-state index contributed by atoms with van der Waals surface area (Å²) in [4.78, 5) is 18.5. The van der Waals surface area contributed by atoms with Gasteiger partial charge in [-0.1, -0.05) is 26.0 Å². The van der Waals surface area contributed by atoms with Gasteiger partial charge in [-0.05, 0) is 19.2 Å². The SMILES string of the molecule is CCN(CC)Cc1ccc2c(c1O)ONC(=O)C=C2. The van der Waals surface area contributed by atoms with Crippen LogP contribution in [0.25, 0.3) is 6.08 Å². The molecule has 1 amide bonds. The third kappa shape index (κ3) is 2.88. The maximum atomic E-state index is 11.2. The van der Waals surface area contributed by atoms with Crippen LogP contribution in [0, 0.1) is 0 Å². The molecule has 1 aromatic rings. The average Bonchev–Trinajstić information content (AvgIpc) is 2.61. The minimum Gasteiger partial charge on any atom is -0.504 e. The summed E-state index contributed by atoms with van der Waals surface area (Å²) in [5, 5.41) is 10.2. The van der Waals surface area contributed by atoms with Gasteiger partial charge in [0, 0.05) is 23.7 Å². The molecule has 5 heteroatoms. The first kappa shape index (κ1) is 13.4. The van der Waals surface area contributed by atoms with E-state index >= 15 is 0 Å². The van der Waals surface area contributed by atoms with Crippen molar-refractivity contribution in [1.82, 2.24) is 10.4 Å². The Labute approximate surface area is 112 Å². The van der Waals surface area contributed by atoms with Gasteiger partial charge in [-0.2, -0.15) is 5.48 Å². The number of benzene rings is 1. The number of hydrogen-bond acceptors (Lipinski definition) is 4. The molecule has 2 N–H and O–H groups in total. The molecule has 2 rings (SSSR count). The fourth-order valence-electron chi connectivity index (χ4n) is 1.98. The van der Waals surface area contributed by atoms with E-state index in [0.717, 1.165) is 18.7 Å². The molecule has 19 heavy (non-hydrogen) atoms. The first-order valence-corrected chi connectivity index (χ1v) is 6.37. The molecule has 1 heterocycles. The highest BCUT2D eigenvalue weighted by molar-refractivity contribution is 5.92. The first-order chi connectivity index (χ1) is 9.15. The fourth-order valence-corrected chi connectivity index (χ4v) is 1.98. The largest absolute Gasteiger partial charge is 0.504 e. The lowest BCUT2D eigenvalue weighted by molar-refractivity contribution is -0.122. The van der Waals surface area contributed by atoms with Crippen molar-refractivity contribution in [2.24, 2.45) is 0 Å². The molecule has 102 valence electrons. The van der Waals surface area contributed by atoms with E-state index in [0.29, 0.717) is 17.9 Å². The topological polar surface area (TPSA) is 61.8 Å². The molecule has 1 aliphatic heterocycles. The molecule has 0 bridgehead atoms. The molecule has 0 radical (unpaired) electrons. The molecule has 0 aliphatic carbocycles. The molecular formula is C14H18N2O3. The Bertz CT molecular complexity index is 508. The van der Waals surface area contributed by atoms with Crippen molar-refractivity contribution >= 4 is 12.0 Å². The third-order valence-electron chi connectivity index (χ3n) is 3.20. The average molecular weight is 262 g/mol. The number of hydroxylamine groups is 1. The summed E-state index contributed by atoms with van der Waals surface area (Å²) in [6.45, 7) is 6.61. The van der Waals surface area contributed by atoms with Gasteiger partial charge >= 0.3 is 0 Å². The summed E-state index contributed by atoms with van der Waals surface area (Å²) in [6.07, 6.45) is 2.99. The zero-order valence-electron chi connectivity index (χ0n) is 11.1. The number of aromatic hydroxyl groups is 1. The summed E-state index contributed by atoms with van der Waals surface area (Å²) in [5.41, 5.74) is 3.71. The number of nitrogens with one attached hydrogen (secondary N) is 1. The number of fused-ring (bicyclic) bond motifs is 1. The van der Waals surface area contributed by atoms with Crippen molar-refractivity contribution in [1.29, 1.82) is 0 Å². The van der Waals surface area contributed by atoms with Gasteiger partial charge in [-0.3, -0.25) is 9.69 Å². The number of carbonyl (C=O) groups is 1. The number of phenols is 1. The van der Waals surface area contributed by atoms with Gasteiger partial charge in [-0.25, -0.2) is 0 Å². The van der Waals surface area contributed by atoms with Crippen molar-refractivity contribution < 1.29 is 14.7 Å². The summed E-state index contributed by atoms with van der Waals surface area (Å²) in [5.74, 6) is 0.0314. The van der Waals surface area contributed by atoms with Crippen LogP contribution in [0.2, 0.25) is 0 Å². The van der Waals surface area contributed by atoms with Crippen LogP contribution in [0.4, 0.5) is 0 Å². The van der Waals surface area contributed by atoms with E-state index in [2.05, 4.69) is 24.2 Å². The minimum absolute atomic E-state index is 0.0799. The van der Waals surface area contributed by atoms with Crippen molar-refractivity contribution in [2.75, 3.05) is 13.1 Å². The van der Waals surface area contributed by atoms with Crippen LogP contribution in [-0.4, -0.2) is 29.0 Å². The first-order valence-electron chi connectivity index (χ1n) is 6.37. The molecule has 1 aliphatic rings. The number of hydrogen-bond donors (Lipinski definition) is 2. The van der Waals surface area contributed by atoms with Crippen molar-refractivity contribution in [2.45, 2.75) is 20.4 Å². The second kappa shape index (κ2) is 5.75. The standard InChI is InChI=1S/C14H18N2O3/c1-3-16(4-2)9-11-6-5-10-7-8-12(17)15-19-14(10)13(11)18/h5-8,18H,3-4,9H2,1-2H3,(H,15,17). The van der Waals surface area contributed by atoms with E-state index in [1.54, 1.807) is 6.08 Å². The number of nitrogens with zero attached hydrogens (tertiary/aromatic N) is 1. The van der Waals surface area contributed by atoms with Crippen LogP contribution in [0.15, 0.2) is 18.2 Å². The summed E-state index contributed by atoms with van der Waals surface area (Å²) >= 11 is 0. The highest BCUT2D eigenvalue weighted by atomic mass is 16.7. The highest BCUT2D eigenvalue weighted by Crippen LogP contribution is 2.35. The fraction of sp³-hybridized carbons (Fsp3) is 0.357. The van der Waals surface area contributed by atoms with E-state index in [1.807, 2.05) is 12.1 Å². The third-order valence-corrected chi connectivity index (χ3v) is 3.20. The second-order valence-corrected chi connectivity index (χ2v) is 4.35. The number of rotatable bonds is 4. The Morgan fingerprint density at radius 3 is 2.68 bits per heavy atom. The van der Waals surface area contributed by atoms with E-state index in [9.17, 15) is 9.90 Å². The zero-order chi connectivity index (χ0) is 13.8. The monoisotopic (exact) mass is 262 g/mol. The van der Waals surface area contributed by atoms with Crippen LogP contribution in [-0.2, 0) is 11.3 Å². The minimum atomic E-state index is -0.346. The molecule has 5 nitrogen and oxygen atoms in total. The van der Waals surface area contributed by atoms with Crippen molar-refractivity contribution in [3.05, 3.63) is 29.3 Å². The molecule has 0 saturated carbocycles. The Morgan fingerprint density at radius 1 is 1.26 bits per heavy atom. The lowest BCUT2D eigenvalue weighted by Gasteiger charge is -2.19. The molecular weight excluding hydrogens is 244 g/mol. The lowest BCUT2D eigenvalue weighted by atomic mass is 10.1. The molecule has 0 saturated heterocycles. The molecule has 0 fully saturated rings. The van der Waals surface area contributed by atoms with Crippen LogP contribution in [0.1, 0.15) is 25.0 Å². The Hall–Kier alpha value is -2.01. The van der Waals surface area contributed by atoms with Gasteiger partial charge in [0.1, 0.15) is 0 Å². The van der Waals surface area contributed by atoms with Crippen LogP contribution >= 0.6 is 0 Å². The highest BCUT2D eigenvalue weighted by Gasteiger charge is 2.17. The van der Waals surface area contributed by atoms with Crippen LogP contribution in [0.3, 0.4) is 0 Å². The molecule has 0 atom stereocenters. The maximum Gasteiger partial charge on any atom is 0.276 e. The van der Waals surface area contributed by atoms with E-state index in [4.69, 9.17) is 4.84 Å². The van der Waals surface area contributed by atoms with E-state index in [-0.39, 0.29) is 11.7 Å². The van der Waals surface area contributed by atoms with Gasteiger partial charge in [0.15, 0.2) is 5.75 Å². The normalized spacial score (nSPS) is 13.7. The van der Waals surface area contributed by atoms with E-state index < -0.39 is 0 Å². The Morgan fingerprint density at radius 2 is 2.00 bits per heavy atom. The quantitative estimate of drug-likeness (QED) is 0.866. The summed E-state index contributed by atoms with van der Waals surface area (Å²) in [7, 11) is 0. The van der Waals surface area contributed by atoms with Crippen molar-refractivity contribution in [3.8, 4) is 11.5 Å². The van der Waals surface area contributed by atoms with Gasteiger partial charge in [0.05, 0.1) is 0 Å². The maximum absolute atomic E-state index is 11.2. The number of carbonyl (C=O) groups excluding carboxylic acids is 1. The van der Waals surface area contributed by atoms with Crippen molar-refractivity contribution in [3.63, 3.8) is 0 Å².